The lowest BCUT2D eigenvalue weighted by Gasteiger charge is -2.02. The van der Waals surface area contributed by atoms with E-state index in [1.807, 2.05) is 19.1 Å². The first-order valence-electron chi connectivity index (χ1n) is 6.59. The fraction of sp³-hybridized carbons (Fsp3) is 0.0625. The highest BCUT2D eigenvalue weighted by atomic mass is 19.1. The molecule has 3 rings (SSSR count). The third-order valence-electron chi connectivity index (χ3n) is 3.00. The van der Waals surface area contributed by atoms with Gasteiger partial charge in [0.2, 0.25) is 5.89 Å². The summed E-state index contributed by atoms with van der Waals surface area (Å²) in [5, 5.41) is 10.1. The Balaban J connectivity index is 1.78. The number of rotatable bonds is 3. The van der Waals surface area contributed by atoms with Gasteiger partial charge in [-0.2, -0.15) is 0 Å². The van der Waals surface area contributed by atoms with Crippen molar-refractivity contribution in [3.63, 3.8) is 0 Å². The minimum Gasteiger partial charge on any atom is -0.412 e. The zero-order chi connectivity index (χ0) is 15.5. The number of benzene rings is 2. The van der Waals surface area contributed by atoms with Crippen LogP contribution in [-0.4, -0.2) is 16.1 Å². The molecule has 22 heavy (non-hydrogen) atoms. The third kappa shape index (κ3) is 3.01. The highest BCUT2D eigenvalue weighted by Gasteiger charge is 2.16. The molecule has 0 aliphatic carbocycles. The number of nitrogens with one attached hydrogen (secondary N) is 1. The zero-order valence-corrected chi connectivity index (χ0v) is 11.7. The van der Waals surface area contributed by atoms with Crippen LogP contribution in [0.15, 0.2) is 52.9 Å². The Labute approximate surface area is 125 Å². The van der Waals surface area contributed by atoms with Crippen LogP contribution in [0.3, 0.4) is 0 Å². The summed E-state index contributed by atoms with van der Waals surface area (Å²) in [4.78, 5) is 12.0. The molecule has 0 unspecified atom stereocenters. The van der Waals surface area contributed by atoms with E-state index < -0.39 is 11.7 Å². The number of nitrogens with zero attached hydrogens (tertiary/aromatic N) is 2. The second kappa shape index (κ2) is 5.77. The summed E-state index contributed by atoms with van der Waals surface area (Å²) >= 11 is 0. The minimum atomic E-state index is -0.515. The van der Waals surface area contributed by atoms with Crippen molar-refractivity contribution in [1.82, 2.24) is 10.2 Å². The van der Waals surface area contributed by atoms with Gasteiger partial charge in [-0.15, -0.1) is 10.2 Å². The van der Waals surface area contributed by atoms with Gasteiger partial charge in [-0.05, 0) is 37.3 Å². The number of hydrogen-bond acceptors (Lipinski definition) is 4. The monoisotopic (exact) mass is 297 g/mol. The molecule has 0 aliphatic rings. The van der Waals surface area contributed by atoms with Gasteiger partial charge in [-0.3, -0.25) is 4.79 Å². The van der Waals surface area contributed by atoms with Crippen molar-refractivity contribution < 1.29 is 13.6 Å². The lowest BCUT2D eigenvalue weighted by atomic mass is 10.2. The van der Waals surface area contributed by atoms with Crippen LogP contribution in [0.4, 0.5) is 10.1 Å². The van der Waals surface area contributed by atoms with Crippen LogP contribution in [0.5, 0.6) is 0 Å². The van der Waals surface area contributed by atoms with Crippen molar-refractivity contribution in [3.05, 3.63) is 65.8 Å². The second-order valence-corrected chi connectivity index (χ2v) is 4.74. The Morgan fingerprint density at radius 3 is 2.64 bits per heavy atom. The molecule has 1 heterocycles. The molecule has 110 valence electrons. The van der Waals surface area contributed by atoms with E-state index in [0.717, 1.165) is 5.56 Å². The van der Waals surface area contributed by atoms with Crippen molar-refractivity contribution in [2.45, 2.75) is 6.92 Å². The maximum Gasteiger partial charge on any atom is 0.313 e. The molecule has 2 aromatic carbocycles. The topological polar surface area (TPSA) is 68.0 Å². The van der Waals surface area contributed by atoms with E-state index in [1.165, 1.54) is 18.2 Å². The largest absolute Gasteiger partial charge is 0.412 e. The molecule has 1 N–H and O–H groups in total. The average molecular weight is 297 g/mol. The minimum absolute atomic E-state index is 0.0913. The Morgan fingerprint density at radius 1 is 1.14 bits per heavy atom. The predicted octanol–water partition coefficient (Wildman–Crippen LogP) is 3.44. The fourth-order valence-electron chi connectivity index (χ4n) is 1.87. The van der Waals surface area contributed by atoms with Crippen LogP contribution in [0.2, 0.25) is 0 Å². The van der Waals surface area contributed by atoms with Crippen molar-refractivity contribution in [1.29, 1.82) is 0 Å². The highest BCUT2D eigenvalue weighted by molar-refractivity contribution is 6.00. The van der Waals surface area contributed by atoms with E-state index in [1.54, 1.807) is 18.2 Å². The van der Waals surface area contributed by atoms with E-state index >= 15 is 0 Å². The Kier molecular flexibility index (Phi) is 3.65. The van der Waals surface area contributed by atoms with Crippen LogP contribution in [0.1, 0.15) is 16.2 Å². The molecule has 0 spiro atoms. The maximum atomic E-state index is 13.2. The molecule has 1 amide bonds. The number of carbonyl (C=O) groups is 1. The first-order chi connectivity index (χ1) is 10.6. The normalized spacial score (nSPS) is 10.5. The van der Waals surface area contributed by atoms with Crippen LogP contribution in [0, 0.1) is 12.7 Å². The molecule has 0 fully saturated rings. The first kappa shape index (κ1) is 13.9. The van der Waals surface area contributed by atoms with Gasteiger partial charge in [0.1, 0.15) is 5.82 Å². The van der Waals surface area contributed by atoms with E-state index in [-0.39, 0.29) is 11.8 Å². The van der Waals surface area contributed by atoms with Gasteiger partial charge in [-0.25, -0.2) is 4.39 Å². The summed E-state index contributed by atoms with van der Waals surface area (Å²) in [5.74, 6) is -1.02. The quantitative estimate of drug-likeness (QED) is 0.804. The summed E-state index contributed by atoms with van der Waals surface area (Å²) in [6.45, 7) is 1.95. The zero-order valence-electron chi connectivity index (χ0n) is 11.7. The van der Waals surface area contributed by atoms with E-state index in [2.05, 4.69) is 15.5 Å². The van der Waals surface area contributed by atoms with Gasteiger partial charge < -0.3 is 9.73 Å². The molecule has 3 aromatic rings. The predicted molar refractivity (Wildman–Crippen MR) is 78.8 cm³/mol. The second-order valence-electron chi connectivity index (χ2n) is 4.74. The van der Waals surface area contributed by atoms with Crippen LogP contribution in [0.25, 0.3) is 11.5 Å². The molecule has 5 nitrogen and oxygen atoms in total. The third-order valence-corrected chi connectivity index (χ3v) is 3.00. The number of amides is 1. The number of aromatic nitrogens is 2. The van der Waals surface area contributed by atoms with Crippen LogP contribution in [-0.2, 0) is 0 Å². The van der Waals surface area contributed by atoms with Gasteiger partial charge in [-0.1, -0.05) is 23.8 Å². The number of aryl methyl sites for hydroxylation is 1. The summed E-state index contributed by atoms with van der Waals surface area (Å²) < 4.78 is 18.5. The smallest absolute Gasteiger partial charge is 0.313 e. The van der Waals surface area contributed by atoms with Crippen molar-refractivity contribution >= 4 is 11.6 Å². The van der Waals surface area contributed by atoms with Crippen molar-refractivity contribution in [2.75, 3.05) is 5.32 Å². The summed E-state index contributed by atoms with van der Waals surface area (Å²) in [6, 6.07) is 13.0. The number of carbonyl (C=O) groups excluding carboxylic acids is 1. The SMILES string of the molecule is Cc1ccc(NC(=O)c2nnc(-c3cccc(F)c3)o2)cc1. The molecular weight excluding hydrogens is 285 g/mol. The van der Waals surface area contributed by atoms with Gasteiger partial charge in [0, 0.05) is 11.3 Å². The molecule has 0 aliphatic heterocycles. The number of hydrogen-bond donors (Lipinski definition) is 1. The Hall–Kier alpha value is -3.02. The summed E-state index contributed by atoms with van der Waals surface area (Å²) in [6.07, 6.45) is 0. The lowest BCUT2D eigenvalue weighted by molar-refractivity contribution is 0.0991. The summed E-state index contributed by atoms with van der Waals surface area (Å²) in [7, 11) is 0. The average Bonchev–Trinajstić information content (AvgIpc) is 3.00. The Morgan fingerprint density at radius 2 is 1.91 bits per heavy atom. The molecule has 1 aromatic heterocycles. The van der Waals surface area contributed by atoms with Crippen LogP contribution < -0.4 is 5.32 Å². The molecule has 0 atom stereocenters. The van der Waals surface area contributed by atoms with Crippen molar-refractivity contribution in [3.8, 4) is 11.5 Å². The first-order valence-corrected chi connectivity index (χ1v) is 6.59. The molecule has 0 radical (unpaired) electrons. The molecule has 0 saturated carbocycles. The van der Waals surface area contributed by atoms with E-state index in [4.69, 9.17) is 4.42 Å². The van der Waals surface area contributed by atoms with Crippen molar-refractivity contribution in [2.24, 2.45) is 0 Å². The number of anilines is 1. The number of halogens is 1. The highest BCUT2D eigenvalue weighted by Crippen LogP contribution is 2.19. The molecule has 0 saturated heterocycles. The van der Waals surface area contributed by atoms with Gasteiger partial charge in [0.25, 0.3) is 0 Å². The summed E-state index contributed by atoms with van der Waals surface area (Å²) in [5.41, 5.74) is 2.13. The van der Waals surface area contributed by atoms with E-state index in [9.17, 15) is 9.18 Å². The van der Waals surface area contributed by atoms with E-state index in [0.29, 0.717) is 11.3 Å². The lowest BCUT2D eigenvalue weighted by Crippen LogP contribution is -2.12. The Bertz CT molecular complexity index is 812. The van der Waals surface area contributed by atoms with Crippen LogP contribution >= 0.6 is 0 Å². The molecular formula is C16H12FN3O2. The standard InChI is InChI=1S/C16H12FN3O2/c1-10-5-7-13(8-6-10)18-14(21)16-20-19-15(22-16)11-3-2-4-12(17)9-11/h2-9H,1H3,(H,18,21). The van der Waals surface area contributed by atoms with Gasteiger partial charge >= 0.3 is 11.8 Å². The molecule has 0 bridgehead atoms. The molecule has 6 heteroatoms. The fourth-order valence-corrected chi connectivity index (χ4v) is 1.87. The maximum absolute atomic E-state index is 13.2. The van der Waals surface area contributed by atoms with Gasteiger partial charge in [0.05, 0.1) is 0 Å². The van der Waals surface area contributed by atoms with Gasteiger partial charge in [0.15, 0.2) is 0 Å².